The van der Waals surface area contributed by atoms with E-state index >= 15 is 0 Å². The van der Waals surface area contributed by atoms with Crippen molar-refractivity contribution in [1.29, 1.82) is 0 Å². The first-order valence-corrected chi connectivity index (χ1v) is 16.1. The highest BCUT2D eigenvalue weighted by molar-refractivity contribution is 7.66. The highest BCUT2D eigenvalue weighted by Gasteiger charge is 2.43. The monoisotopic (exact) mass is 649 g/mol. The van der Waals surface area contributed by atoms with Gasteiger partial charge in [-0.15, -0.1) is 0 Å². The third-order valence-electron chi connectivity index (χ3n) is 5.18. The zero-order valence-corrected chi connectivity index (χ0v) is 23.8. The smallest absolute Gasteiger partial charge is 0.390 e. The van der Waals surface area contributed by atoms with Crippen LogP contribution in [0, 0.1) is 11.8 Å². The lowest BCUT2D eigenvalue weighted by Crippen LogP contribution is -2.40. The zero-order valence-electron chi connectivity index (χ0n) is 21.1. The summed E-state index contributed by atoms with van der Waals surface area (Å²) in [5, 5.41) is 12.7. The quantitative estimate of drug-likeness (QED) is 0.0569. The Morgan fingerprint density at radius 1 is 1.20 bits per heavy atom. The summed E-state index contributed by atoms with van der Waals surface area (Å²) < 4.78 is 51.9. The van der Waals surface area contributed by atoms with Crippen LogP contribution in [-0.4, -0.2) is 78.1 Å². The van der Waals surface area contributed by atoms with E-state index in [-0.39, 0.29) is 18.5 Å². The number of nitrogens with zero attached hydrogens (tertiary/aromatic N) is 1. The number of unbranched alkanes of at least 4 members (excludes halogenated alkanes) is 1. The van der Waals surface area contributed by atoms with Gasteiger partial charge < -0.3 is 46.2 Å². The first-order chi connectivity index (χ1) is 18.9. The minimum absolute atomic E-state index is 0.163. The van der Waals surface area contributed by atoms with Crippen LogP contribution in [0.5, 0.6) is 0 Å². The number of ether oxygens (including phenoxy) is 1. The number of nitrogens with one attached hydrogen (secondary N) is 2. The molecule has 23 heteroatoms. The maximum Gasteiger partial charge on any atom is 0.490 e. The van der Waals surface area contributed by atoms with Crippen molar-refractivity contribution in [2.75, 3.05) is 19.7 Å². The standard InChI is InChI=1S/C18H30N5O15P3/c19-6-2-1-5-12(20)17(26)21-7-3-4-11-9-23(18(27)22-16(11)25)15-8-13(24)14(36-15)10-35-40(31,32)38-41(33,34)37-39(28,29)30/h9,12-15,24H,1-2,5-8,10,19-20H2,(H,21,26)(H,31,32)(H,33,34)(H,22,25,27)(H2,28,29,30)/t12?,13-,14-,15-/m1/s1. The van der Waals surface area contributed by atoms with Crippen LogP contribution >= 0.6 is 23.5 Å². The van der Waals surface area contributed by atoms with Crippen molar-refractivity contribution < 1.29 is 61.1 Å². The van der Waals surface area contributed by atoms with Gasteiger partial charge in [-0.2, -0.15) is 8.62 Å². The second-order valence-electron chi connectivity index (χ2n) is 8.44. The van der Waals surface area contributed by atoms with Gasteiger partial charge in [0.25, 0.3) is 5.56 Å². The molecule has 1 aromatic heterocycles. The molecule has 0 bridgehead atoms. The number of aromatic nitrogens is 2. The van der Waals surface area contributed by atoms with Gasteiger partial charge in [-0.3, -0.25) is 23.7 Å². The maximum atomic E-state index is 12.3. The van der Waals surface area contributed by atoms with Crippen molar-refractivity contribution in [2.24, 2.45) is 11.5 Å². The molecule has 3 unspecified atom stereocenters. The molecule has 6 atom stereocenters. The molecule has 11 N–H and O–H groups in total. The molecule has 20 nitrogen and oxygen atoms in total. The molecule has 0 aromatic carbocycles. The lowest BCUT2D eigenvalue weighted by Gasteiger charge is -2.19. The topological polar surface area (TPSA) is 325 Å². The van der Waals surface area contributed by atoms with Crippen LogP contribution in [0.2, 0.25) is 0 Å². The Bertz CT molecular complexity index is 1400. The van der Waals surface area contributed by atoms with Crippen molar-refractivity contribution in [3.05, 3.63) is 32.6 Å². The molecule has 1 amide bonds. The fourth-order valence-corrected chi connectivity index (χ4v) is 6.37. The summed E-state index contributed by atoms with van der Waals surface area (Å²) in [5.41, 5.74) is 9.14. The second-order valence-corrected chi connectivity index (χ2v) is 12.9. The summed E-state index contributed by atoms with van der Waals surface area (Å²) >= 11 is 0. The van der Waals surface area contributed by atoms with Gasteiger partial charge >= 0.3 is 29.2 Å². The first kappa shape index (κ1) is 35.2. The molecular formula is C18H30N5O15P3. The van der Waals surface area contributed by atoms with Crippen LogP contribution in [0.25, 0.3) is 0 Å². The minimum atomic E-state index is -5.75. The number of phosphoric ester groups is 1. The summed E-state index contributed by atoms with van der Waals surface area (Å²) in [6.07, 6.45) is -1.53. The molecular weight excluding hydrogens is 619 g/mol. The average Bonchev–Trinajstić information content (AvgIpc) is 3.19. The highest BCUT2D eigenvalue weighted by Crippen LogP contribution is 2.66. The molecule has 0 aliphatic carbocycles. The Kier molecular flexibility index (Phi) is 12.8. The first-order valence-electron chi connectivity index (χ1n) is 11.6. The maximum absolute atomic E-state index is 12.3. The molecule has 0 spiro atoms. The normalized spacial score (nSPS) is 22.7. The summed E-state index contributed by atoms with van der Waals surface area (Å²) in [4.78, 5) is 74.3. The number of aromatic amines is 1. The number of amides is 1. The molecule has 2 heterocycles. The number of phosphoric acid groups is 3. The minimum Gasteiger partial charge on any atom is -0.390 e. The zero-order chi connectivity index (χ0) is 31.0. The lowest BCUT2D eigenvalue weighted by molar-refractivity contribution is -0.122. The molecule has 1 aliphatic rings. The van der Waals surface area contributed by atoms with Crippen molar-refractivity contribution >= 4 is 29.4 Å². The number of aliphatic hydroxyl groups excluding tert-OH is 1. The predicted octanol–water partition coefficient (Wildman–Crippen LogP) is -2.55. The number of rotatable bonds is 14. The van der Waals surface area contributed by atoms with Crippen LogP contribution in [0.15, 0.2) is 15.8 Å². The van der Waals surface area contributed by atoms with Gasteiger partial charge in [0.2, 0.25) is 5.91 Å². The Morgan fingerprint density at radius 3 is 2.51 bits per heavy atom. The molecule has 1 aromatic rings. The van der Waals surface area contributed by atoms with Crippen molar-refractivity contribution in [3.63, 3.8) is 0 Å². The number of hydrogen-bond donors (Lipinski definition) is 9. The number of carbonyl (C=O) groups excluding carboxylic acids is 1. The van der Waals surface area contributed by atoms with E-state index < -0.39 is 71.7 Å². The fraction of sp³-hybridized carbons (Fsp3) is 0.611. The fourth-order valence-electron chi connectivity index (χ4n) is 3.34. The Hall–Kier alpha value is -2.04. The van der Waals surface area contributed by atoms with E-state index in [2.05, 4.69) is 30.3 Å². The van der Waals surface area contributed by atoms with Gasteiger partial charge in [-0.25, -0.2) is 18.5 Å². The van der Waals surface area contributed by atoms with Crippen LogP contribution in [-0.2, 0) is 36.4 Å². The van der Waals surface area contributed by atoms with Gasteiger partial charge in [-0.1, -0.05) is 18.3 Å². The Morgan fingerprint density at radius 2 is 1.88 bits per heavy atom. The molecule has 0 radical (unpaired) electrons. The summed E-state index contributed by atoms with van der Waals surface area (Å²) in [6, 6.07) is -0.760. The van der Waals surface area contributed by atoms with Crippen LogP contribution < -0.4 is 28.0 Å². The molecule has 2 rings (SSSR count). The molecule has 1 saturated heterocycles. The number of hydrogen-bond acceptors (Lipinski definition) is 13. The number of nitrogens with two attached hydrogens (primary N) is 2. The van der Waals surface area contributed by atoms with E-state index in [1.807, 2.05) is 4.98 Å². The largest absolute Gasteiger partial charge is 0.490 e. The van der Waals surface area contributed by atoms with E-state index in [9.17, 15) is 43.0 Å². The molecule has 0 saturated carbocycles. The van der Waals surface area contributed by atoms with Gasteiger partial charge in [0.05, 0.1) is 25.3 Å². The van der Waals surface area contributed by atoms with Gasteiger partial charge in [0, 0.05) is 12.6 Å². The highest BCUT2D eigenvalue weighted by atomic mass is 31.3. The Labute approximate surface area is 231 Å². The summed E-state index contributed by atoms with van der Waals surface area (Å²) in [5.74, 6) is 4.57. The number of H-pyrrole nitrogens is 1. The number of aliphatic hydroxyl groups is 1. The molecule has 1 aliphatic heterocycles. The van der Waals surface area contributed by atoms with E-state index in [1.54, 1.807) is 0 Å². The SMILES string of the molecule is NCCCCC(N)C(=O)NCC#Cc1cn([C@H]2C[C@@H](O)[C@@H](COP(=O)(O)OP(=O)(O)OP(=O)(O)O)O2)c(=O)[nH]c1=O. The average molecular weight is 649 g/mol. The number of carbonyl (C=O) groups is 1. The van der Waals surface area contributed by atoms with Crippen LogP contribution in [0.1, 0.15) is 37.5 Å². The van der Waals surface area contributed by atoms with E-state index in [1.165, 1.54) is 0 Å². The lowest BCUT2D eigenvalue weighted by atomic mass is 10.1. The Balaban J connectivity index is 2.02. The molecule has 232 valence electrons. The van der Waals surface area contributed by atoms with Crippen molar-refractivity contribution in [1.82, 2.24) is 14.9 Å². The van der Waals surface area contributed by atoms with Gasteiger partial charge in [0.1, 0.15) is 17.9 Å². The molecule has 1 fully saturated rings. The second kappa shape index (κ2) is 14.9. The van der Waals surface area contributed by atoms with Gasteiger partial charge in [0.15, 0.2) is 0 Å². The van der Waals surface area contributed by atoms with E-state index in [4.69, 9.17) is 26.0 Å². The van der Waals surface area contributed by atoms with Gasteiger partial charge in [-0.05, 0) is 19.4 Å². The summed E-state index contributed by atoms with van der Waals surface area (Å²) in [7, 11) is -16.8. The van der Waals surface area contributed by atoms with Crippen LogP contribution in [0.3, 0.4) is 0 Å². The molecule has 41 heavy (non-hydrogen) atoms. The third kappa shape index (κ3) is 12.0. The van der Waals surface area contributed by atoms with Crippen molar-refractivity contribution in [3.8, 4) is 11.8 Å². The third-order valence-corrected chi connectivity index (χ3v) is 8.98. The van der Waals surface area contributed by atoms with Crippen LogP contribution in [0.4, 0.5) is 0 Å². The van der Waals surface area contributed by atoms with Crippen molar-refractivity contribution in [2.45, 2.75) is 50.2 Å². The van der Waals surface area contributed by atoms with E-state index in [0.29, 0.717) is 19.4 Å². The predicted molar refractivity (Wildman–Crippen MR) is 136 cm³/mol. The van der Waals surface area contributed by atoms with E-state index in [0.717, 1.165) is 17.2 Å². The summed E-state index contributed by atoms with van der Waals surface area (Å²) in [6.45, 7) is -0.645.